The van der Waals surface area contributed by atoms with E-state index in [-0.39, 0.29) is 94.8 Å². The first-order valence-corrected chi connectivity index (χ1v) is 1.41. The normalized spacial score (nSPS) is 2.57. The third kappa shape index (κ3) is 50.0. The minimum absolute atomic E-state index is 0. The van der Waals surface area contributed by atoms with Gasteiger partial charge in [-0.25, -0.2) is 0 Å². The zero-order valence-corrected chi connectivity index (χ0v) is 3.12. The van der Waals surface area contributed by atoms with Gasteiger partial charge in [-0.1, -0.05) is 20.3 Å². The molecular formula is C3H13FNa3+. The van der Waals surface area contributed by atoms with Gasteiger partial charge in [-0.15, -0.1) is 0 Å². The van der Waals surface area contributed by atoms with Crippen molar-refractivity contribution in [3.63, 3.8) is 0 Å². The molecule has 0 nitrogen and oxygen atoms in total. The van der Waals surface area contributed by atoms with E-state index in [0.29, 0.717) is 0 Å². The molecule has 0 atom stereocenters. The number of rotatable bonds is 0. The summed E-state index contributed by atoms with van der Waals surface area (Å²) in [6.45, 7) is 4.25. The van der Waals surface area contributed by atoms with E-state index in [9.17, 15) is 0 Å². The molecule has 0 radical (unpaired) electrons. The summed E-state index contributed by atoms with van der Waals surface area (Å²) in [5.41, 5.74) is 0. The Labute approximate surface area is 113 Å². The number of hydrogen-bond acceptors (Lipinski definition) is 0. The quantitative estimate of drug-likeness (QED) is 0.403. The average Bonchev–Trinajstić information content (AvgIpc) is 0.918. The van der Waals surface area contributed by atoms with E-state index < -0.39 is 0 Å². The molecule has 0 aromatic carbocycles. The average molecular weight is 137 g/mol. The molecule has 0 amide bonds. The molecule has 0 aromatic heterocycles. The first-order valence-electron chi connectivity index (χ1n) is 1.41. The van der Waals surface area contributed by atoms with Crippen LogP contribution in [0.25, 0.3) is 0 Å². The van der Waals surface area contributed by atoms with Gasteiger partial charge in [-0.3, -0.25) is 4.70 Å². The summed E-state index contributed by atoms with van der Waals surface area (Å²) >= 11 is 0. The van der Waals surface area contributed by atoms with Crippen molar-refractivity contribution in [1.29, 1.82) is 0 Å². The molecule has 0 aliphatic rings. The van der Waals surface area contributed by atoms with Crippen LogP contribution < -0.4 is 0 Å². The van der Waals surface area contributed by atoms with Crippen LogP contribution in [0.5, 0.6) is 0 Å². The van der Waals surface area contributed by atoms with Crippen LogP contribution in [0.3, 0.4) is 0 Å². The van der Waals surface area contributed by atoms with E-state index in [0.717, 1.165) is 0 Å². The Bertz CT molecular complexity index is 14.5. The van der Waals surface area contributed by atoms with Crippen molar-refractivity contribution in [3.05, 3.63) is 0 Å². The Balaban J connectivity index is -0.00000000200. The molecule has 0 spiro atoms. The Morgan fingerprint density at radius 2 is 1.00 bits per heavy atom. The maximum absolute atomic E-state index is 2.12. The maximum atomic E-state index is 2.12. The second kappa shape index (κ2) is 36.4. The van der Waals surface area contributed by atoms with Crippen LogP contribution in [0.2, 0.25) is 0 Å². The van der Waals surface area contributed by atoms with Crippen LogP contribution in [-0.4, -0.2) is 88.7 Å². The topological polar surface area (TPSA) is 0 Å². The first kappa shape index (κ1) is 32.6. The summed E-state index contributed by atoms with van der Waals surface area (Å²) in [5, 5.41) is 0. The fraction of sp³-hybridized carbons (Fsp3) is 1.00. The van der Waals surface area contributed by atoms with Gasteiger partial charge in [0.25, 0.3) is 0 Å². The monoisotopic (exact) mass is 137 g/mol. The SMILES string of the molecule is CCC.F.[H+].[NaH].[NaH].[NaH]. The molecule has 0 N–H and O–H groups in total. The minimum atomic E-state index is 0. The molecular weight excluding hydrogens is 124 g/mol. The molecule has 0 bridgehead atoms. The fourth-order valence-electron chi connectivity index (χ4n) is 0. The molecule has 0 aromatic rings. The number of hydrogen-bond donors (Lipinski definition) is 0. The van der Waals surface area contributed by atoms with Crippen molar-refractivity contribution in [1.82, 2.24) is 0 Å². The van der Waals surface area contributed by atoms with E-state index >= 15 is 0 Å². The van der Waals surface area contributed by atoms with Gasteiger partial charge in [0.05, 0.1) is 0 Å². The van der Waals surface area contributed by atoms with Crippen molar-refractivity contribution in [2.45, 2.75) is 20.3 Å². The van der Waals surface area contributed by atoms with E-state index in [1.165, 1.54) is 6.42 Å². The van der Waals surface area contributed by atoms with Crippen LogP contribution in [-0.2, 0) is 0 Å². The summed E-state index contributed by atoms with van der Waals surface area (Å²) in [6.07, 6.45) is 1.25. The predicted molar refractivity (Wildman–Crippen MR) is 41.0 cm³/mol. The molecule has 4 heteroatoms. The van der Waals surface area contributed by atoms with Gasteiger partial charge in [0.1, 0.15) is 0 Å². The zero-order valence-electron chi connectivity index (χ0n) is 4.12. The zero-order chi connectivity index (χ0) is 2.71. The summed E-state index contributed by atoms with van der Waals surface area (Å²) in [4.78, 5) is 0. The molecule has 0 saturated heterocycles. The van der Waals surface area contributed by atoms with Gasteiger partial charge in [0, 0.05) is 0 Å². The van der Waals surface area contributed by atoms with Crippen LogP contribution in [0.4, 0.5) is 4.70 Å². The van der Waals surface area contributed by atoms with Crippen molar-refractivity contribution in [3.8, 4) is 0 Å². The van der Waals surface area contributed by atoms with E-state index in [1.807, 2.05) is 0 Å². The van der Waals surface area contributed by atoms with E-state index in [4.69, 9.17) is 0 Å². The van der Waals surface area contributed by atoms with Gasteiger partial charge in [0.15, 0.2) is 0 Å². The van der Waals surface area contributed by atoms with Crippen molar-refractivity contribution < 1.29 is 6.13 Å². The molecule has 0 fully saturated rings. The fourth-order valence-corrected chi connectivity index (χ4v) is 0. The predicted octanol–water partition coefficient (Wildman–Crippen LogP) is -0.264. The van der Waals surface area contributed by atoms with Gasteiger partial charge >= 0.3 is 90.1 Å². The van der Waals surface area contributed by atoms with E-state index in [2.05, 4.69) is 13.8 Å². The van der Waals surface area contributed by atoms with Crippen LogP contribution in [0, 0.1) is 0 Å². The molecule has 34 valence electrons. The Kier molecular flexibility index (Phi) is 169. The van der Waals surface area contributed by atoms with Gasteiger partial charge < -0.3 is 0 Å². The third-order valence-electron chi connectivity index (χ3n) is 0. The van der Waals surface area contributed by atoms with Crippen molar-refractivity contribution in [2.75, 3.05) is 0 Å². The third-order valence-corrected chi connectivity index (χ3v) is 0. The molecule has 0 aliphatic heterocycles. The Morgan fingerprint density at radius 3 is 1.00 bits per heavy atom. The molecule has 0 unspecified atom stereocenters. The summed E-state index contributed by atoms with van der Waals surface area (Å²) in [5.74, 6) is 0. The van der Waals surface area contributed by atoms with Crippen molar-refractivity contribution >= 4 is 88.7 Å². The van der Waals surface area contributed by atoms with E-state index in [1.54, 1.807) is 0 Å². The first-order chi connectivity index (χ1) is 1.41. The van der Waals surface area contributed by atoms with Crippen LogP contribution in [0.15, 0.2) is 0 Å². The van der Waals surface area contributed by atoms with Gasteiger partial charge in [-0.2, -0.15) is 0 Å². The summed E-state index contributed by atoms with van der Waals surface area (Å²) in [6, 6.07) is 0. The van der Waals surface area contributed by atoms with Crippen LogP contribution in [0.1, 0.15) is 21.7 Å². The molecule has 0 saturated carbocycles. The molecule has 0 heterocycles. The summed E-state index contributed by atoms with van der Waals surface area (Å²) < 4.78 is 0. The molecule has 0 rings (SSSR count). The second-order valence-electron chi connectivity index (χ2n) is 0.707. The molecule has 7 heavy (non-hydrogen) atoms. The Hall–Kier alpha value is 2.93. The summed E-state index contributed by atoms with van der Waals surface area (Å²) in [7, 11) is 0. The standard InChI is InChI=1S/C3H8.FH.3Na.3H/c1-3-2;;;;;;;/h3H2,1-2H3;1H;;;;;;/p+1. The van der Waals surface area contributed by atoms with Crippen molar-refractivity contribution in [2.24, 2.45) is 0 Å². The van der Waals surface area contributed by atoms with Crippen LogP contribution >= 0.6 is 0 Å². The Morgan fingerprint density at radius 1 is 1.00 bits per heavy atom. The second-order valence-corrected chi connectivity index (χ2v) is 0.707. The molecule has 0 aliphatic carbocycles. The number of halogens is 1. The van der Waals surface area contributed by atoms with Gasteiger partial charge in [0.2, 0.25) is 0 Å². The van der Waals surface area contributed by atoms with Gasteiger partial charge in [-0.05, 0) is 0 Å².